The zero-order valence-electron chi connectivity index (χ0n) is 10.9. The topological polar surface area (TPSA) is 34.1 Å². The number of ketones is 1. The zero-order valence-corrected chi connectivity index (χ0v) is 12.5. The lowest BCUT2D eigenvalue weighted by Crippen LogP contribution is -2.16. The normalized spacial score (nSPS) is 14.6. The first-order chi connectivity index (χ1) is 7.93. The van der Waals surface area contributed by atoms with Crippen LogP contribution < -0.4 is 0 Å². The van der Waals surface area contributed by atoms with E-state index in [0.29, 0.717) is 11.7 Å². The fourth-order valence-electron chi connectivity index (χ4n) is 1.63. The third kappa shape index (κ3) is 4.36. The number of carbonyl (C=O) groups excluding carboxylic acids is 1. The molecule has 1 aromatic heterocycles. The van der Waals surface area contributed by atoms with Crippen LogP contribution in [0.2, 0.25) is 0 Å². The van der Waals surface area contributed by atoms with Gasteiger partial charge >= 0.3 is 0 Å². The van der Waals surface area contributed by atoms with Gasteiger partial charge in [0, 0.05) is 31.9 Å². The molecule has 0 aliphatic rings. The summed E-state index contributed by atoms with van der Waals surface area (Å²) in [5.74, 6) is 1.24. The number of hydrogen-bond acceptors (Lipinski definition) is 3. The maximum absolute atomic E-state index is 12.0. The summed E-state index contributed by atoms with van der Waals surface area (Å²) >= 11 is 1.62. The lowest BCUT2D eigenvalue weighted by atomic mass is 10.2. The Morgan fingerprint density at radius 2 is 2.12 bits per heavy atom. The van der Waals surface area contributed by atoms with E-state index < -0.39 is 10.8 Å². The first-order valence-electron chi connectivity index (χ1n) is 5.89. The van der Waals surface area contributed by atoms with Crippen molar-refractivity contribution in [3.63, 3.8) is 0 Å². The molecule has 96 valence electrons. The van der Waals surface area contributed by atoms with Gasteiger partial charge in [0.05, 0.1) is 5.75 Å². The van der Waals surface area contributed by atoms with E-state index in [-0.39, 0.29) is 11.5 Å². The van der Waals surface area contributed by atoms with Gasteiger partial charge in [0.2, 0.25) is 0 Å². The monoisotopic (exact) mass is 272 g/mol. The minimum Gasteiger partial charge on any atom is -0.293 e. The molecule has 0 saturated carbocycles. The molecule has 0 aromatic carbocycles. The Hall–Kier alpha value is -0.480. The highest BCUT2D eigenvalue weighted by Crippen LogP contribution is 2.21. The molecule has 0 radical (unpaired) electrons. The second-order valence-corrected chi connectivity index (χ2v) is 7.48. The van der Waals surface area contributed by atoms with Gasteiger partial charge in [0.15, 0.2) is 5.78 Å². The summed E-state index contributed by atoms with van der Waals surface area (Å²) in [5.41, 5.74) is 0.755. The molecule has 2 nitrogen and oxygen atoms in total. The zero-order chi connectivity index (χ0) is 13.0. The number of rotatable bonds is 6. The summed E-state index contributed by atoms with van der Waals surface area (Å²) in [4.78, 5) is 14.1. The van der Waals surface area contributed by atoms with Crippen molar-refractivity contribution < 1.29 is 9.00 Å². The summed E-state index contributed by atoms with van der Waals surface area (Å²) < 4.78 is 11.8. The predicted octanol–water partition coefficient (Wildman–Crippen LogP) is 3.34. The Balaban J connectivity index is 2.61. The van der Waals surface area contributed by atoms with Gasteiger partial charge in [-0.05, 0) is 25.8 Å². The van der Waals surface area contributed by atoms with Crippen LogP contribution in [0.3, 0.4) is 0 Å². The number of carbonyl (C=O) groups is 1. The molecule has 1 aromatic rings. The van der Waals surface area contributed by atoms with Gasteiger partial charge in [-0.3, -0.25) is 9.00 Å². The van der Waals surface area contributed by atoms with Crippen LogP contribution in [0, 0.1) is 19.8 Å². The molecule has 0 aliphatic carbocycles. The highest BCUT2D eigenvalue weighted by molar-refractivity contribution is 7.85. The van der Waals surface area contributed by atoms with Gasteiger partial charge < -0.3 is 0 Å². The number of Topliss-reactive ketones (excluding diaryl/α,β-unsaturated/α-hetero) is 1. The maximum atomic E-state index is 12.0. The van der Waals surface area contributed by atoms with Gasteiger partial charge in [-0.25, -0.2) is 0 Å². The molecule has 1 heterocycles. The Kier molecular flexibility index (Phi) is 5.53. The van der Waals surface area contributed by atoms with Crippen LogP contribution in [-0.4, -0.2) is 21.5 Å². The van der Waals surface area contributed by atoms with Crippen LogP contribution >= 0.6 is 11.3 Å². The number of thiophene rings is 1. The molecule has 2 unspecified atom stereocenters. The van der Waals surface area contributed by atoms with Crippen molar-refractivity contribution in [1.29, 1.82) is 0 Å². The molecule has 0 aliphatic heterocycles. The molecule has 4 heteroatoms. The van der Waals surface area contributed by atoms with E-state index in [2.05, 4.69) is 13.8 Å². The summed E-state index contributed by atoms with van der Waals surface area (Å²) in [6.07, 6.45) is 1.01. The molecule has 0 spiro atoms. The largest absolute Gasteiger partial charge is 0.293 e. The van der Waals surface area contributed by atoms with Crippen molar-refractivity contribution in [2.75, 3.05) is 11.5 Å². The summed E-state index contributed by atoms with van der Waals surface area (Å²) in [5, 5.41) is 0. The average Bonchev–Trinajstić information content (AvgIpc) is 2.57. The molecule has 1 rings (SSSR count). The Bertz CT molecular complexity index is 421. The highest BCUT2D eigenvalue weighted by Gasteiger charge is 2.16. The standard InChI is InChI=1S/C13H20O2S2/c1-5-9(2)7-17(15)8-13(14)12-6-10(3)16-11(12)4/h6,9H,5,7-8H2,1-4H3. The molecule has 0 amide bonds. The maximum Gasteiger partial charge on any atom is 0.176 e. The second kappa shape index (κ2) is 6.45. The molecular formula is C13H20O2S2. The SMILES string of the molecule is CCC(C)CS(=O)CC(=O)c1cc(C)sc1C. The average molecular weight is 272 g/mol. The van der Waals surface area contributed by atoms with Crippen molar-refractivity contribution in [3.8, 4) is 0 Å². The van der Waals surface area contributed by atoms with Crippen molar-refractivity contribution in [1.82, 2.24) is 0 Å². The van der Waals surface area contributed by atoms with Crippen molar-refractivity contribution in [3.05, 3.63) is 21.4 Å². The molecule has 0 saturated heterocycles. The lowest BCUT2D eigenvalue weighted by Gasteiger charge is -2.07. The highest BCUT2D eigenvalue weighted by atomic mass is 32.2. The van der Waals surface area contributed by atoms with Crippen LogP contribution in [-0.2, 0) is 10.8 Å². The first kappa shape index (κ1) is 14.6. The summed E-state index contributed by atoms with van der Waals surface area (Å²) in [6.45, 7) is 8.09. The van der Waals surface area contributed by atoms with Crippen LogP contribution in [0.4, 0.5) is 0 Å². The summed E-state index contributed by atoms with van der Waals surface area (Å²) in [7, 11) is -1.02. The Morgan fingerprint density at radius 3 is 2.59 bits per heavy atom. The molecule has 0 N–H and O–H groups in total. The molecule has 0 fully saturated rings. The van der Waals surface area contributed by atoms with E-state index in [1.807, 2.05) is 19.9 Å². The van der Waals surface area contributed by atoms with E-state index >= 15 is 0 Å². The van der Waals surface area contributed by atoms with Gasteiger partial charge in [0.1, 0.15) is 0 Å². The van der Waals surface area contributed by atoms with Crippen LogP contribution in [0.25, 0.3) is 0 Å². The van der Waals surface area contributed by atoms with Gasteiger partial charge in [0.25, 0.3) is 0 Å². The fraction of sp³-hybridized carbons (Fsp3) is 0.615. The van der Waals surface area contributed by atoms with E-state index in [1.165, 1.54) is 0 Å². The minimum absolute atomic E-state index is 0.0217. The molecule has 2 atom stereocenters. The fourth-order valence-corrected chi connectivity index (χ4v) is 4.00. The third-order valence-corrected chi connectivity index (χ3v) is 5.29. The van der Waals surface area contributed by atoms with Crippen LogP contribution in [0.1, 0.15) is 40.4 Å². The number of hydrogen-bond donors (Lipinski definition) is 0. The van der Waals surface area contributed by atoms with E-state index in [0.717, 1.165) is 21.7 Å². The predicted molar refractivity (Wildman–Crippen MR) is 75.5 cm³/mol. The van der Waals surface area contributed by atoms with Crippen LogP contribution in [0.15, 0.2) is 6.07 Å². The Morgan fingerprint density at radius 1 is 1.47 bits per heavy atom. The summed E-state index contributed by atoms with van der Waals surface area (Å²) in [6, 6.07) is 1.91. The smallest absolute Gasteiger partial charge is 0.176 e. The van der Waals surface area contributed by atoms with Gasteiger partial charge in [-0.15, -0.1) is 11.3 Å². The first-order valence-corrected chi connectivity index (χ1v) is 8.19. The van der Waals surface area contributed by atoms with Crippen LogP contribution in [0.5, 0.6) is 0 Å². The Labute approximate surface area is 110 Å². The minimum atomic E-state index is -1.02. The number of aryl methyl sites for hydroxylation is 2. The second-order valence-electron chi connectivity index (χ2n) is 4.51. The quantitative estimate of drug-likeness (QED) is 0.744. The molecule has 17 heavy (non-hydrogen) atoms. The van der Waals surface area contributed by atoms with Gasteiger partial charge in [-0.2, -0.15) is 0 Å². The van der Waals surface area contributed by atoms with E-state index in [9.17, 15) is 9.00 Å². The van der Waals surface area contributed by atoms with Crippen molar-refractivity contribution in [2.24, 2.45) is 5.92 Å². The lowest BCUT2D eigenvalue weighted by molar-refractivity contribution is 0.102. The van der Waals surface area contributed by atoms with E-state index in [4.69, 9.17) is 0 Å². The van der Waals surface area contributed by atoms with E-state index in [1.54, 1.807) is 11.3 Å². The third-order valence-electron chi connectivity index (χ3n) is 2.80. The van der Waals surface area contributed by atoms with Crippen molar-refractivity contribution >= 4 is 27.9 Å². The molecular weight excluding hydrogens is 252 g/mol. The van der Waals surface area contributed by atoms with Gasteiger partial charge in [-0.1, -0.05) is 20.3 Å². The molecule has 0 bridgehead atoms. The van der Waals surface area contributed by atoms with Crippen molar-refractivity contribution in [2.45, 2.75) is 34.1 Å².